The van der Waals surface area contributed by atoms with Crippen molar-refractivity contribution in [2.45, 2.75) is 23.3 Å². The second-order valence-electron chi connectivity index (χ2n) is 4.21. The molecule has 0 atom stereocenters. The predicted molar refractivity (Wildman–Crippen MR) is 82.0 cm³/mol. The molecular weight excluding hydrogens is 344 g/mol. The van der Waals surface area contributed by atoms with Gasteiger partial charge in [0.25, 0.3) is 0 Å². The van der Waals surface area contributed by atoms with Crippen molar-refractivity contribution >= 4 is 27.7 Å². The van der Waals surface area contributed by atoms with Crippen LogP contribution in [0.2, 0.25) is 0 Å². The van der Waals surface area contributed by atoms with Gasteiger partial charge in [-0.05, 0) is 36.4 Å². The molecule has 0 amide bonds. The topological polar surface area (TPSA) is 12.0 Å². The van der Waals surface area contributed by atoms with Crippen LogP contribution in [0.3, 0.4) is 0 Å². The lowest BCUT2D eigenvalue weighted by Crippen LogP contribution is -2.12. The van der Waals surface area contributed by atoms with E-state index in [0.29, 0.717) is 4.90 Å². The van der Waals surface area contributed by atoms with E-state index < -0.39 is 11.6 Å². The molecule has 0 fully saturated rings. The first-order chi connectivity index (χ1) is 9.60. The van der Waals surface area contributed by atoms with E-state index in [1.165, 1.54) is 23.9 Å². The van der Waals surface area contributed by atoms with Crippen LogP contribution in [-0.4, -0.2) is 6.54 Å². The first-order valence-corrected chi connectivity index (χ1v) is 7.83. The first-order valence-electron chi connectivity index (χ1n) is 6.22. The summed E-state index contributed by atoms with van der Waals surface area (Å²) in [5, 5.41) is 3.25. The number of halogens is 3. The van der Waals surface area contributed by atoms with Gasteiger partial charge >= 0.3 is 0 Å². The van der Waals surface area contributed by atoms with Crippen molar-refractivity contribution in [1.82, 2.24) is 5.32 Å². The number of nitrogens with one attached hydrogen (secondary N) is 1. The highest BCUT2D eigenvalue weighted by Crippen LogP contribution is 2.34. The summed E-state index contributed by atoms with van der Waals surface area (Å²) in [5.74, 6) is -1.10. The maximum atomic E-state index is 13.7. The van der Waals surface area contributed by atoms with Crippen LogP contribution in [0.4, 0.5) is 8.78 Å². The van der Waals surface area contributed by atoms with Gasteiger partial charge in [0.1, 0.15) is 11.6 Å². The van der Waals surface area contributed by atoms with Crippen LogP contribution in [-0.2, 0) is 6.54 Å². The molecule has 1 nitrogen and oxygen atoms in total. The Labute approximate surface area is 129 Å². The lowest BCUT2D eigenvalue weighted by Gasteiger charge is -2.11. The molecule has 0 heterocycles. The molecule has 0 aliphatic heterocycles. The average molecular weight is 358 g/mol. The summed E-state index contributed by atoms with van der Waals surface area (Å²) in [6, 6.07) is 9.54. The summed E-state index contributed by atoms with van der Waals surface area (Å²) in [6.07, 6.45) is 0. The Bertz CT molecular complexity index is 604. The average Bonchev–Trinajstić information content (AvgIpc) is 2.41. The van der Waals surface area contributed by atoms with Crippen LogP contribution in [0, 0.1) is 11.6 Å². The summed E-state index contributed by atoms with van der Waals surface area (Å²) in [5.41, 5.74) is 1.09. The van der Waals surface area contributed by atoms with Gasteiger partial charge < -0.3 is 5.32 Å². The molecule has 0 aromatic heterocycles. The molecule has 0 saturated carbocycles. The lowest BCUT2D eigenvalue weighted by molar-refractivity contribution is 0.565. The third-order valence-corrected chi connectivity index (χ3v) is 4.35. The molecule has 1 N–H and O–H groups in total. The van der Waals surface area contributed by atoms with Crippen molar-refractivity contribution < 1.29 is 8.78 Å². The minimum Gasteiger partial charge on any atom is -0.313 e. The van der Waals surface area contributed by atoms with Crippen molar-refractivity contribution in [2.75, 3.05) is 6.54 Å². The zero-order valence-electron chi connectivity index (χ0n) is 10.9. The van der Waals surface area contributed by atoms with Gasteiger partial charge in [-0.1, -0.05) is 40.7 Å². The van der Waals surface area contributed by atoms with Gasteiger partial charge in [-0.2, -0.15) is 0 Å². The Morgan fingerprint density at radius 1 is 1.10 bits per heavy atom. The molecule has 2 aromatic rings. The minimum atomic E-state index is -0.561. The number of hydrogen-bond acceptors (Lipinski definition) is 2. The molecule has 2 rings (SSSR count). The molecule has 106 valence electrons. The normalized spacial score (nSPS) is 10.8. The van der Waals surface area contributed by atoms with Crippen molar-refractivity contribution in [3.8, 4) is 0 Å². The number of hydrogen-bond donors (Lipinski definition) is 1. The fraction of sp³-hybridized carbons (Fsp3) is 0.200. The van der Waals surface area contributed by atoms with Crippen molar-refractivity contribution in [3.63, 3.8) is 0 Å². The molecule has 0 radical (unpaired) electrons. The molecule has 0 unspecified atom stereocenters. The zero-order valence-corrected chi connectivity index (χ0v) is 13.3. The number of benzene rings is 2. The Hall–Kier alpha value is -0.910. The van der Waals surface area contributed by atoms with Crippen LogP contribution in [0.1, 0.15) is 12.5 Å². The third-order valence-electron chi connectivity index (χ3n) is 2.71. The van der Waals surface area contributed by atoms with Gasteiger partial charge in [-0.15, -0.1) is 0 Å². The second kappa shape index (κ2) is 7.20. The Morgan fingerprint density at radius 2 is 1.90 bits per heavy atom. The quantitative estimate of drug-likeness (QED) is 0.808. The molecular formula is C15H14BrF2NS. The SMILES string of the molecule is CCNCc1ccc(Br)cc1Sc1ccc(F)cc1F. The van der Waals surface area contributed by atoms with E-state index in [1.54, 1.807) is 0 Å². The van der Waals surface area contributed by atoms with E-state index in [1.807, 2.05) is 25.1 Å². The fourth-order valence-corrected chi connectivity index (χ4v) is 3.20. The zero-order chi connectivity index (χ0) is 14.5. The summed E-state index contributed by atoms with van der Waals surface area (Å²) < 4.78 is 27.6. The van der Waals surface area contributed by atoms with Crippen LogP contribution in [0.15, 0.2) is 50.7 Å². The van der Waals surface area contributed by atoms with Gasteiger partial charge in [-0.3, -0.25) is 0 Å². The summed E-state index contributed by atoms with van der Waals surface area (Å²) in [7, 11) is 0. The van der Waals surface area contributed by atoms with Crippen molar-refractivity contribution in [2.24, 2.45) is 0 Å². The molecule has 20 heavy (non-hydrogen) atoms. The van der Waals surface area contributed by atoms with Crippen molar-refractivity contribution in [3.05, 3.63) is 58.1 Å². The number of rotatable bonds is 5. The largest absolute Gasteiger partial charge is 0.313 e. The van der Waals surface area contributed by atoms with Crippen LogP contribution >= 0.6 is 27.7 Å². The molecule has 0 aliphatic carbocycles. The second-order valence-corrected chi connectivity index (χ2v) is 6.21. The van der Waals surface area contributed by atoms with Gasteiger partial charge in [-0.25, -0.2) is 8.78 Å². The molecule has 0 bridgehead atoms. The van der Waals surface area contributed by atoms with E-state index in [9.17, 15) is 8.78 Å². The van der Waals surface area contributed by atoms with Gasteiger partial charge in [0, 0.05) is 26.9 Å². The highest BCUT2D eigenvalue weighted by molar-refractivity contribution is 9.10. The van der Waals surface area contributed by atoms with Crippen LogP contribution in [0.25, 0.3) is 0 Å². The van der Waals surface area contributed by atoms with Gasteiger partial charge in [0.05, 0.1) is 0 Å². The first kappa shape index (κ1) is 15.5. The standard InChI is InChI=1S/C15H14BrF2NS/c1-2-19-9-10-3-4-11(16)7-15(10)20-14-6-5-12(17)8-13(14)18/h3-8,19H,2,9H2,1H3. The van der Waals surface area contributed by atoms with Gasteiger partial charge in [0.2, 0.25) is 0 Å². The predicted octanol–water partition coefficient (Wildman–Crippen LogP) is 4.99. The lowest BCUT2D eigenvalue weighted by atomic mass is 10.2. The van der Waals surface area contributed by atoms with E-state index >= 15 is 0 Å². The highest BCUT2D eigenvalue weighted by atomic mass is 79.9. The monoisotopic (exact) mass is 357 g/mol. The van der Waals surface area contributed by atoms with Crippen LogP contribution in [0.5, 0.6) is 0 Å². The van der Waals surface area contributed by atoms with Gasteiger partial charge in [0.15, 0.2) is 0 Å². The maximum absolute atomic E-state index is 13.7. The molecule has 0 saturated heterocycles. The Kier molecular flexibility index (Phi) is 5.57. The molecule has 2 aromatic carbocycles. The summed E-state index contributed by atoms with van der Waals surface area (Å²) in [4.78, 5) is 1.37. The highest BCUT2D eigenvalue weighted by Gasteiger charge is 2.09. The van der Waals surface area contributed by atoms with E-state index in [-0.39, 0.29) is 0 Å². The fourth-order valence-electron chi connectivity index (χ4n) is 1.71. The molecule has 0 spiro atoms. The van der Waals surface area contributed by atoms with E-state index in [4.69, 9.17) is 0 Å². The summed E-state index contributed by atoms with van der Waals surface area (Å²) >= 11 is 4.72. The van der Waals surface area contributed by atoms with E-state index in [2.05, 4.69) is 21.2 Å². The minimum absolute atomic E-state index is 0.419. The maximum Gasteiger partial charge on any atom is 0.140 e. The third kappa shape index (κ3) is 4.04. The van der Waals surface area contributed by atoms with Crippen molar-refractivity contribution in [1.29, 1.82) is 0 Å². The molecule has 5 heteroatoms. The molecule has 0 aliphatic rings. The Morgan fingerprint density at radius 3 is 2.60 bits per heavy atom. The Balaban J connectivity index is 2.29. The summed E-state index contributed by atoms with van der Waals surface area (Å²) in [6.45, 7) is 3.62. The van der Waals surface area contributed by atoms with E-state index in [0.717, 1.165) is 34.1 Å². The smallest absolute Gasteiger partial charge is 0.140 e. The van der Waals surface area contributed by atoms with Crippen LogP contribution < -0.4 is 5.32 Å².